The van der Waals surface area contributed by atoms with E-state index in [1.54, 1.807) is 25.1 Å². The maximum absolute atomic E-state index is 14.4. The van der Waals surface area contributed by atoms with Gasteiger partial charge in [0.2, 0.25) is 0 Å². The normalized spacial score (nSPS) is 17.8. The van der Waals surface area contributed by atoms with Crippen molar-refractivity contribution in [1.82, 2.24) is 9.88 Å². The summed E-state index contributed by atoms with van der Waals surface area (Å²) in [5.74, 6) is -1.00. The maximum Gasteiger partial charge on any atom is 0.263 e. The van der Waals surface area contributed by atoms with E-state index in [9.17, 15) is 18.8 Å². The minimum absolute atomic E-state index is 0.0670. The molecule has 1 heterocycles. The monoisotopic (exact) mass is 400 g/mol. The van der Waals surface area contributed by atoms with E-state index < -0.39 is 17.3 Å². The van der Waals surface area contributed by atoms with Crippen LogP contribution in [0.4, 0.5) is 4.39 Å². The first kappa shape index (κ1) is 20.9. The first-order valence-electron chi connectivity index (χ1n) is 9.71. The minimum atomic E-state index is -0.582. The Bertz CT molecular complexity index is 999. The van der Waals surface area contributed by atoms with E-state index in [2.05, 4.69) is 5.32 Å². The molecule has 1 aliphatic rings. The van der Waals surface area contributed by atoms with Crippen LogP contribution >= 0.6 is 0 Å². The fourth-order valence-corrected chi connectivity index (χ4v) is 3.43. The van der Waals surface area contributed by atoms with Crippen molar-refractivity contribution in [2.45, 2.75) is 39.3 Å². The van der Waals surface area contributed by atoms with Gasteiger partial charge in [0.15, 0.2) is 5.78 Å². The summed E-state index contributed by atoms with van der Waals surface area (Å²) in [6.07, 6.45) is 2.62. The van der Waals surface area contributed by atoms with Crippen LogP contribution in [0.25, 0.3) is 0 Å². The predicted molar refractivity (Wildman–Crippen MR) is 107 cm³/mol. The Hall–Kier alpha value is -2.80. The van der Waals surface area contributed by atoms with E-state index in [0.29, 0.717) is 17.7 Å². The van der Waals surface area contributed by atoms with Gasteiger partial charge in [-0.05, 0) is 37.8 Å². The minimum Gasteiger partial charge on any atom is -0.378 e. The van der Waals surface area contributed by atoms with E-state index in [0.717, 1.165) is 6.42 Å². The molecule has 0 aliphatic heterocycles. The molecule has 0 radical (unpaired) electrons. The molecule has 0 spiro atoms. The number of ketones is 1. The van der Waals surface area contributed by atoms with Crippen LogP contribution in [0, 0.1) is 18.7 Å². The van der Waals surface area contributed by atoms with Crippen LogP contribution in [-0.2, 0) is 11.3 Å². The Morgan fingerprint density at radius 3 is 2.79 bits per heavy atom. The highest BCUT2D eigenvalue weighted by atomic mass is 19.1. The van der Waals surface area contributed by atoms with Crippen molar-refractivity contribution in [2.24, 2.45) is 5.92 Å². The number of amides is 1. The van der Waals surface area contributed by atoms with Crippen LogP contribution in [0.3, 0.4) is 0 Å². The first-order valence-corrected chi connectivity index (χ1v) is 9.71. The maximum atomic E-state index is 14.4. The van der Waals surface area contributed by atoms with Gasteiger partial charge < -0.3 is 14.6 Å². The number of aromatic nitrogens is 1. The Morgan fingerprint density at radius 2 is 2.10 bits per heavy atom. The van der Waals surface area contributed by atoms with Gasteiger partial charge in [-0.2, -0.15) is 0 Å². The lowest BCUT2D eigenvalue weighted by molar-refractivity contribution is 0.0931. The Morgan fingerprint density at radius 1 is 1.34 bits per heavy atom. The van der Waals surface area contributed by atoms with Gasteiger partial charge in [0.1, 0.15) is 11.4 Å². The van der Waals surface area contributed by atoms with Gasteiger partial charge in [0, 0.05) is 37.4 Å². The Kier molecular flexibility index (Phi) is 6.27. The van der Waals surface area contributed by atoms with Gasteiger partial charge in [-0.3, -0.25) is 14.4 Å². The van der Waals surface area contributed by atoms with Crippen LogP contribution in [-0.4, -0.2) is 36.0 Å². The second-order valence-corrected chi connectivity index (χ2v) is 7.32. The van der Waals surface area contributed by atoms with Crippen LogP contribution in [0.2, 0.25) is 0 Å². The number of nitrogens with zero attached hydrogens (tertiary/aromatic N) is 1. The summed E-state index contributed by atoms with van der Waals surface area (Å²) < 4.78 is 21.2. The number of benzene rings is 1. The average Bonchev–Trinajstić information content (AvgIpc) is 3.43. The van der Waals surface area contributed by atoms with Gasteiger partial charge in [-0.25, -0.2) is 4.39 Å². The summed E-state index contributed by atoms with van der Waals surface area (Å²) in [4.78, 5) is 37.7. The zero-order valence-electron chi connectivity index (χ0n) is 16.8. The number of aryl methyl sites for hydroxylation is 1. The first-order chi connectivity index (χ1) is 13.8. The Labute approximate surface area is 168 Å². The van der Waals surface area contributed by atoms with Crippen molar-refractivity contribution >= 4 is 11.7 Å². The van der Waals surface area contributed by atoms with Gasteiger partial charge in [-0.15, -0.1) is 0 Å². The van der Waals surface area contributed by atoms with Crippen LogP contribution in [0.15, 0.2) is 35.3 Å². The van der Waals surface area contributed by atoms with Crippen LogP contribution in [0.1, 0.15) is 51.6 Å². The Balaban J connectivity index is 1.94. The number of hydrogen-bond donors (Lipinski definition) is 1. The predicted octanol–water partition coefficient (Wildman–Crippen LogP) is 2.70. The van der Waals surface area contributed by atoms with Gasteiger partial charge in [-0.1, -0.05) is 18.2 Å². The number of carbonyl (C=O) groups is 2. The summed E-state index contributed by atoms with van der Waals surface area (Å²) in [6, 6.07) is 6.25. The van der Waals surface area contributed by atoms with Crippen molar-refractivity contribution in [3.05, 3.63) is 68.9 Å². The van der Waals surface area contributed by atoms with Crippen molar-refractivity contribution in [3.63, 3.8) is 0 Å². The molecule has 154 valence electrons. The third-order valence-electron chi connectivity index (χ3n) is 5.18. The number of halogens is 1. The fraction of sp³-hybridized carbons (Fsp3) is 0.409. The SMILES string of the molecule is CCO[C@H]1C[C@@H]1CC(=O)c1cc(C(=O)NC)c(=O)n(Cc2cccc(C)c2F)c1. The molecular weight excluding hydrogens is 375 g/mol. The quantitative estimate of drug-likeness (QED) is 0.691. The largest absolute Gasteiger partial charge is 0.378 e. The second-order valence-electron chi connectivity index (χ2n) is 7.32. The van der Waals surface area contributed by atoms with Crippen LogP contribution in [0.5, 0.6) is 0 Å². The lowest BCUT2D eigenvalue weighted by Gasteiger charge is -2.12. The fourth-order valence-electron chi connectivity index (χ4n) is 3.43. The average molecular weight is 400 g/mol. The molecule has 2 atom stereocenters. The van der Waals surface area contributed by atoms with Crippen molar-refractivity contribution in [2.75, 3.05) is 13.7 Å². The molecule has 2 aromatic rings. The molecule has 0 unspecified atom stereocenters. The number of ether oxygens (including phenoxy) is 1. The van der Waals surface area contributed by atoms with Crippen LogP contribution < -0.4 is 10.9 Å². The lowest BCUT2D eigenvalue weighted by atomic mass is 10.0. The number of rotatable bonds is 8. The number of nitrogens with one attached hydrogen (secondary N) is 1. The molecule has 1 aliphatic carbocycles. The van der Waals surface area contributed by atoms with E-state index in [1.807, 2.05) is 6.92 Å². The third kappa shape index (κ3) is 4.62. The molecule has 0 bridgehead atoms. The van der Waals surface area contributed by atoms with E-state index in [1.165, 1.54) is 23.9 Å². The molecule has 29 heavy (non-hydrogen) atoms. The third-order valence-corrected chi connectivity index (χ3v) is 5.18. The molecule has 1 aromatic carbocycles. The summed E-state index contributed by atoms with van der Waals surface area (Å²) in [5.41, 5.74) is 0.338. The second kappa shape index (κ2) is 8.69. The lowest BCUT2D eigenvalue weighted by Crippen LogP contribution is -2.32. The highest BCUT2D eigenvalue weighted by Crippen LogP contribution is 2.37. The van der Waals surface area contributed by atoms with Crippen molar-refractivity contribution in [1.29, 1.82) is 0 Å². The number of hydrogen-bond acceptors (Lipinski definition) is 4. The highest BCUT2D eigenvalue weighted by molar-refractivity contribution is 6.00. The summed E-state index contributed by atoms with van der Waals surface area (Å²) in [6.45, 7) is 4.08. The molecule has 0 saturated heterocycles. The van der Waals surface area contributed by atoms with E-state index in [-0.39, 0.29) is 41.9 Å². The molecule has 1 fully saturated rings. The molecule has 1 amide bonds. The van der Waals surface area contributed by atoms with Gasteiger partial charge in [0.05, 0.1) is 12.6 Å². The molecule has 7 heteroatoms. The molecule has 3 rings (SSSR count). The molecule has 1 saturated carbocycles. The van der Waals surface area contributed by atoms with Gasteiger partial charge in [0.25, 0.3) is 11.5 Å². The number of carbonyl (C=O) groups excluding carboxylic acids is 2. The molecule has 1 aromatic heterocycles. The smallest absolute Gasteiger partial charge is 0.263 e. The van der Waals surface area contributed by atoms with Crippen molar-refractivity contribution < 1.29 is 18.7 Å². The summed E-state index contributed by atoms with van der Waals surface area (Å²) >= 11 is 0. The molecular formula is C22H25FN2O4. The topological polar surface area (TPSA) is 77.4 Å². The zero-order chi connectivity index (χ0) is 21.1. The van der Waals surface area contributed by atoms with Crippen molar-refractivity contribution in [3.8, 4) is 0 Å². The zero-order valence-corrected chi connectivity index (χ0v) is 16.8. The number of pyridine rings is 1. The van der Waals surface area contributed by atoms with E-state index in [4.69, 9.17) is 4.74 Å². The van der Waals surface area contributed by atoms with E-state index >= 15 is 0 Å². The number of Topliss-reactive ketones (excluding diaryl/α,β-unsaturated/α-hetero) is 1. The van der Waals surface area contributed by atoms with Gasteiger partial charge >= 0.3 is 0 Å². The molecule has 1 N–H and O–H groups in total. The summed E-state index contributed by atoms with van der Waals surface area (Å²) in [5, 5.41) is 2.42. The summed E-state index contributed by atoms with van der Waals surface area (Å²) in [7, 11) is 1.41. The molecule has 6 nitrogen and oxygen atoms in total. The standard InChI is InChI=1S/C22H25FN2O4/c1-4-29-19-10-15(19)9-18(26)16-8-17(21(27)24-3)22(28)25(12-16)11-14-7-5-6-13(2)20(14)23/h5-8,12,15,19H,4,9-11H2,1-3H3,(H,24,27)/t15-,19-/m0/s1. The highest BCUT2D eigenvalue weighted by Gasteiger charge is 2.39.